The van der Waals surface area contributed by atoms with Crippen LogP contribution < -0.4 is 10.1 Å². The summed E-state index contributed by atoms with van der Waals surface area (Å²) in [5.41, 5.74) is 1.09. The van der Waals surface area contributed by atoms with Gasteiger partial charge in [0.05, 0.1) is 17.2 Å². The standard InChI is InChI=1S/C14H17BrN2O2/c1-3-14(18)16-6-7-17-12-9-11(19-2)5-4-10(12)8-13(17)15/h4-5,8-9H,3,6-7H2,1-2H3,(H,16,18). The molecule has 0 aliphatic rings. The lowest BCUT2D eigenvalue weighted by Crippen LogP contribution is -2.26. The fourth-order valence-electron chi connectivity index (χ4n) is 1.99. The molecule has 0 spiro atoms. The summed E-state index contributed by atoms with van der Waals surface area (Å²) in [6.45, 7) is 3.19. The van der Waals surface area contributed by atoms with Crippen molar-refractivity contribution >= 4 is 32.7 Å². The first-order chi connectivity index (χ1) is 9.15. The smallest absolute Gasteiger partial charge is 0.219 e. The predicted molar refractivity (Wildman–Crippen MR) is 79.5 cm³/mol. The highest BCUT2D eigenvalue weighted by molar-refractivity contribution is 9.10. The second-order valence-electron chi connectivity index (χ2n) is 4.25. The van der Waals surface area contributed by atoms with Gasteiger partial charge in [0.25, 0.3) is 0 Å². The van der Waals surface area contributed by atoms with Gasteiger partial charge in [-0.2, -0.15) is 0 Å². The molecule has 1 N–H and O–H groups in total. The average molecular weight is 325 g/mol. The molecule has 1 amide bonds. The molecule has 4 nitrogen and oxygen atoms in total. The molecule has 1 heterocycles. The summed E-state index contributed by atoms with van der Waals surface area (Å²) < 4.78 is 8.37. The first-order valence-electron chi connectivity index (χ1n) is 6.25. The lowest BCUT2D eigenvalue weighted by Gasteiger charge is -2.09. The lowest BCUT2D eigenvalue weighted by atomic mass is 10.2. The molecule has 0 aliphatic carbocycles. The molecule has 0 radical (unpaired) electrons. The van der Waals surface area contributed by atoms with E-state index in [1.54, 1.807) is 7.11 Å². The number of nitrogens with one attached hydrogen (secondary N) is 1. The average Bonchev–Trinajstić information content (AvgIpc) is 2.74. The summed E-state index contributed by atoms with van der Waals surface area (Å²) in [4.78, 5) is 11.2. The number of amides is 1. The maximum Gasteiger partial charge on any atom is 0.219 e. The van der Waals surface area contributed by atoms with Crippen LogP contribution in [-0.2, 0) is 11.3 Å². The van der Waals surface area contributed by atoms with E-state index >= 15 is 0 Å². The quantitative estimate of drug-likeness (QED) is 0.918. The Labute approximate surface area is 120 Å². The summed E-state index contributed by atoms with van der Waals surface area (Å²) >= 11 is 3.55. The number of aromatic nitrogens is 1. The van der Waals surface area contributed by atoms with Crippen LogP contribution in [0.4, 0.5) is 0 Å². The first kappa shape index (κ1) is 13.9. The molecule has 0 bridgehead atoms. The number of benzene rings is 1. The number of carbonyl (C=O) groups is 1. The molecule has 2 rings (SSSR count). The topological polar surface area (TPSA) is 43.3 Å². The van der Waals surface area contributed by atoms with Crippen molar-refractivity contribution in [3.8, 4) is 5.75 Å². The van der Waals surface area contributed by atoms with Gasteiger partial charge in [0.2, 0.25) is 5.91 Å². The molecule has 0 unspecified atom stereocenters. The van der Waals surface area contributed by atoms with Crippen LogP contribution in [0.1, 0.15) is 13.3 Å². The molecule has 0 fully saturated rings. The van der Waals surface area contributed by atoms with Crippen molar-refractivity contribution in [2.24, 2.45) is 0 Å². The fraction of sp³-hybridized carbons (Fsp3) is 0.357. The van der Waals surface area contributed by atoms with Gasteiger partial charge >= 0.3 is 0 Å². The minimum absolute atomic E-state index is 0.0742. The van der Waals surface area contributed by atoms with E-state index in [0.717, 1.165) is 27.8 Å². The van der Waals surface area contributed by atoms with E-state index in [1.165, 1.54) is 0 Å². The number of rotatable bonds is 5. The van der Waals surface area contributed by atoms with Gasteiger partial charge < -0.3 is 14.6 Å². The van der Waals surface area contributed by atoms with Crippen LogP contribution in [-0.4, -0.2) is 24.1 Å². The molecule has 0 saturated heterocycles. The minimum Gasteiger partial charge on any atom is -0.497 e. The second kappa shape index (κ2) is 6.10. The van der Waals surface area contributed by atoms with Crippen molar-refractivity contribution in [1.29, 1.82) is 0 Å². The van der Waals surface area contributed by atoms with Gasteiger partial charge in [0.1, 0.15) is 5.75 Å². The Balaban J connectivity index is 2.21. The van der Waals surface area contributed by atoms with Gasteiger partial charge in [-0.3, -0.25) is 4.79 Å². The maximum atomic E-state index is 11.2. The molecule has 0 aliphatic heterocycles. The third-order valence-electron chi connectivity index (χ3n) is 3.04. The lowest BCUT2D eigenvalue weighted by molar-refractivity contribution is -0.120. The summed E-state index contributed by atoms with van der Waals surface area (Å²) in [7, 11) is 1.66. The van der Waals surface area contributed by atoms with E-state index in [2.05, 4.69) is 31.9 Å². The van der Waals surface area contributed by atoms with Crippen molar-refractivity contribution in [3.05, 3.63) is 28.9 Å². The number of hydrogen-bond acceptors (Lipinski definition) is 2. The zero-order valence-corrected chi connectivity index (χ0v) is 12.7. The van der Waals surface area contributed by atoms with Crippen LogP contribution in [0.25, 0.3) is 10.9 Å². The number of methoxy groups -OCH3 is 1. The van der Waals surface area contributed by atoms with E-state index in [4.69, 9.17) is 4.74 Å². The van der Waals surface area contributed by atoms with Crippen molar-refractivity contribution in [3.63, 3.8) is 0 Å². The molecule has 19 heavy (non-hydrogen) atoms. The van der Waals surface area contributed by atoms with Crippen LogP contribution in [0.15, 0.2) is 28.9 Å². The monoisotopic (exact) mass is 324 g/mol. The highest BCUT2D eigenvalue weighted by Gasteiger charge is 2.08. The molecule has 5 heteroatoms. The Kier molecular flexibility index (Phi) is 4.47. The number of nitrogens with zero attached hydrogens (tertiary/aromatic N) is 1. The number of halogens is 1. The third kappa shape index (κ3) is 3.10. The molecule has 1 aromatic heterocycles. The van der Waals surface area contributed by atoms with Gasteiger partial charge in [-0.25, -0.2) is 0 Å². The van der Waals surface area contributed by atoms with E-state index in [9.17, 15) is 4.79 Å². The van der Waals surface area contributed by atoms with Gasteiger partial charge in [-0.05, 0) is 34.1 Å². The van der Waals surface area contributed by atoms with E-state index in [-0.39, 0.29) is 5.91 Å². The van der Waals surface area contributed by atoms with Gasteiger partial charge in [0.15, 0.2) is 0 Å². The Hall–Kier alpha value is -1.49. The Morgan fingerprint density at radius 3 is 2.89 bits per heavy atom. The van der Waals surface area contributed by atoms with Crippen LogP contribution in [0.2, 0.25) is 0 Å². The zero-order chi connectivity index (χ0) is 13.8. The fourth-order valence-corrected chi connectivity index (χ4v) is 2.60. The maximum absolute atomic E-state index is 11.2. The van der Waals surface area contributed by atoms with Crippen molar-refractivity contribution in [1.82, 2.24) is 9.88 Å². The van der Waals surface area contributed by atoms with E-state index < -0.39 is 0 Å². The van der Waals surface area contributed by atoms with Crippen molar-refractivity contribution in [2.45, 2.75) is 19.9 Å². The Bertz CT molecular complexity index is 592. The van der Waals surface area contributed by atoms with Crippen LogP contribution >= 0.6 is 15.9 Å². The predicted octanol–water partition coefficient (Wildman–Crippen LogP) is 2.94. The SMILES string of the molecule is CCC(=O)NCCn1c(Br)cc2ccc(OC)cc21. The van der Waals surface area contributed by atoms with Gasteiger partial charge in [0, 0.05) is 31.0 Å². The van der Waals surface area contributed by atoms with E-state index in [1.807, 2.05) is 25.1 Å². The molecule has 0 saturated carbocycles. The van der Waals surface area contributed by atoms with Gasteiger partial charge in [-0.1, -0.05) is 6.92 Å². The second-order valence-corrected chi connectivity index (χ2v) is 5.06. The Morgan fingerprint density at radius 2 is 2.21 bits per heavy atom. The number of ether oxygens (including phenoxy) is 1. The third-order valence-corrected chi connectivity index (χ3v) is 3.70. The number of fused-ring (bicyclic) bond motifs is 1. The number of hydrogen-bond donors (Lipinski definition) is 1. The number of carbonyl (C=O) groups excluding carboxylic acids is 1. The minimum atomic E-state index is 0.0742. The molecule has 0 atom stereocenters. The van der Waals surface area contributed by atoms with Crippen molar-refractivity contribution in [2.75, 3.05) is 13.7 Å². The van der Waals surface area contributed by atoms with Crippen LogP contribution in [0, 0.1) is 0 Å². The normalized spacial score (nSPS) is 10.7. The molecule has 1 aromatic carbocycles. The zero-order valence-electron chi connectivity index (χ0n) is 11.1. The molecular weight excluding hydrogens is 308 g/mol. The molecule has 2 aromatic rings. The van der Waals surface area contributed by atoms with Crippen LogP contribution in [0.3, 0.4) is 0 Å². The summed E-state index contributed by atoms with van der Waals surface area (Å²) in [6.07, 6.45) is 0.515. The molecule has 102 valence electrons. The van der Waals surface area contributed by atoms with Crippen molar-refractivity contribution < 1.29 is 9.53 Å². The van der Waals surface area contributed by atoms with Gasteiger partial charge in [-0.15, -0.1) is 0 Å². The summed E-state index contributed by atoms with van der Waals surface area (Å²) in [5, 5.41) is 4.03. The molecular formula is C14H17BrN2O2. The summed E-state index contributed by atoms with van der Waals surface area (Å²) in [6, 6.07) is 8.04. The highest BCUT2D eigenvalue weighted by Crippen LogP contribution is 2.27. The first-order valence-corrected chi connectivity index (χ1v) is 7.04. The van der Waals surface area contributed by atoms with E-state index in [0.29, 0.717) is 13.0 Å². The summed E-state index contributed by atoms with van der Waals surface area (Å²) in [5.74, 6) is 0.905. The van der Waals surface area contributed by atoms with Crippen LogP contribution in [0.5, 0.6) is 5.75 Å². The highest BCUT2D eigenvalue weighted by atomic mass is 79.9. The Morgan fingerprint density at radius 1 is 1.42 bits per heavy atom. The largest absolute Gasteiger partial charge is 0.497 e.